The van der Waals surface area contributed by atoms with Gasteiger partial charge in [0.2, 0.25) is 0 Å². The summed E-state index contributed by atoms with van der Waals surface area (Å²) < 4.78 is 0. The number of fused-ring (bicyclic) bond motifs is 1. The first-order valence-corrected chi connectivity index (χ1v) is 8.02. The van der Waals surface area contributed by atoms with Crippen LogP contribution in [0.4, 0.5) is 0 Å². The average Bonchev–Trinajstić information content (AvgIpc) is 2.81. The molecule has 6 heteroatoms. The number of aromatic nitrogens is 4. The molecule has 0 amide bonds. The topological polar surface area (TPSA) is 51.6 Å². The molecule has 0 unspecified atom stereocenters. The number of hydrogen-bond donors (Lipinski definition) is 0. The maximum atomic E-state index is 4.46. The quantitative estimate of drug-likeness (QED) is 0.544. The van der Waals surface area contributed by atoms with Crippen LogP contribution in [0.2, 0.25) is 0 Å². The highest BCUT2D eigenvalue weighted by Gasteiger charge is 2.11. The first-order chi connectivity index (χ1) is 9.65. The van der Waals surface area contributed by atoms with E-state index >= 15 is 0 Å². The number of hydrogen-bond acceptors (Lipinski definition) is 6. The molecule has 3 rings (SSSR count). The molecule has 0 aliphatic rings. The van der Waals surface area contributed by atoms with Gasteiger partial charge in [-0.1, -0.05) is 6.92 Å². The second-order valence-corrected chi connectivity index (χ2v) is 6.57. The smallest absolute Gasteiger partial charge is 0.194 e. The lowest BCUT2D eigenvalue weighted by Gasteiger charge is -2.02. The molecular weight excluding hydrogens is 288 g/mol. The minimum Gasteiger partial charge on any atom is -0.229 e. The Bertz CT molecular complexity index is 747. The van der Waals surface area contributed by atoms with Gasteiger partial charge in [-0.25, -0.2) is 19.9 Å². The largest absolute Gasteiger partial charge is 0.229 e. The Morgan fingerprint density at radius 1 is 1.10 bits per heavy atom. The Hall–Kier alpha value is -1.53. The summed E-state index contributed by atoms with van der Waals surface area (Å²) in [4.78, 5) is 20.0. The van der Waals surface area contributed by atoms with Gasteiger partial charge in [-0.05, 0) is 44.2 Å². The van der Waals surface area contributed by atoms with Crippen molar-refractivity contribution >= 4 is 33.3 Å². The number of nitrogens with zero attached hydrogens (tertiary/aromatic N) is 4. The summed E-state index contributed by atoms with van der Waals surface area (Å²) in [5.74, 6) is 0. The predicted octanol–water partition coefficient (Wildman–Crippen LogP) is 3.81. The zero-order valence-electron chi connectivity index (χ0n) is 11.5. The Labute approximate surface area is 125 Å². The van der Waals surface area contributed by atoms with Crippen LogP contribution < -0.4 is 0 Å². The maximum Gasteiger partial charge on any atom is 0.194 e. The van der Waals surface area contributed by atoms with Gasteiger partial charge in [-0.2, -0.15) is 0 Å². The predicted molar refractivity (Wildman–Crippen MR) is 82.4 cm³/mol. The fourth-order valence-corrected chi connectivity index (χ4v) is 3.88. The molecule has 0 aliphatic heterocycles. The van der Waals surface area contributed by atoms with Gasteiger partial charge in [-0.3, -0.25) is 0 Å². The first kappa shape index (κ1) is 13.5. The molecule has 4 nitrogen and oxygen atoms in total. The second kappa shape index (κ2) is 5.46. The molecule has 3 aromatic heterocycles. The van der Waals surface area contributed by atoms with Gasteiger partial charge in [0.1, 0.15) is 16.2 Å². The third-order valence-electron chi connectivity index (χ3n) is 2.84. The summed E-state index contributed by atoms with van der Waals surface area (Å²) in [6.07, 6.45) is 2.63. The van der Waals surface area contributed by atoms with Gasteiger partial charge < -0.3 is 0 Å². The van der Waals surface area contributed by atoms with Crippen LogP contribution in [0.5, 0.6) is 0 Å². The molecule has 0 saturated heterocycles. The van der Waals surface area contributed by atoms with Crippen LogP contribution in [0.3, 0.4) is 0 Å². The van der Waals surface area contributed by atoms with Gasteiger partial charge in [0.25, 0.3) is 0 Å². The number of thiophene rings is 1. The van der Waals surface area contributed by atoms with Crippen LogP contribution in [0.25, 0.3) is 10.2 Å². The lowest BCUT2D eigenvalue weighted by Crippen LogP contribution is -1.93. The highest BCUT2D eigenvalue weighted by molar-refractivity contribution is 7.99. The van der Waals surface area contributed by atoms with E-state index in [-0.39, 0.29) is 0 Å². The van der Waals surface area contributed by atoms with E-state index in [1.54, 1.807) is 17.7 Å². The van der Waals surface area contributed by atoms with E-state index in [0.29, 0.717) is 0 Å². The van der Waals surface area contributed by atoms with Gasteiger partial charge in [0.05, 0.1) is 0 Å². The molecular formula is C14H14N4S2. The van der Waals surface area contributed by atoms with Crippen LogP contribution in [-0.2, 0) is 6.42 Å². The molecule has 0 spiro atoms. The van der Waals surface area contributed by atoms with Crippen LogP contribution in [-0.4, -0.2) is 19.9 Å². The van der Waals surface area contributed by atoms with Crippen molar-refractivity contribution < 1.29 is 0 Å². The summed E-state index contributed by atoms with van der Waals surface area (Å²) in [6, 6.07) is 4.14. The molecule has 0 fully saturated rings. The molecule has 3 heterocycles. The third kappa shape index (κ3) is 2.66. The van der Waals surface area contributed by atoms with Gasteiger partial charge in [-0.15, -0.1) is 11.3 Å². The molecule has 0 atom stereocenters. The van der Waals surface area contributed by atoms with E-state index in [1.807, 2.05) is 19.9 Å². The molecule has 20 heavy (non-hydrogen) atoms. The van der Waals surface area contributed by atoms with E-state index in [4.69, 9.17) is 0 Å². The average molecular weight is 302 g/mol. The molecule has 3 aromatic rings. The Balaban J connectivity index is 2.03. The number of rotatable bonds is 3. The van der Waals surface area contributed by atoms with Crippen molar-refractivity contribution in [3.63, 3.8) is 0 Å². The fourth-order valence-electron chi connectivity index (χ4n) is 1.96. The Morgan fingerprint density at radius 2 is 1.85 bits per heavy atom. The summed E-state index contributed by atoms with van der Waals surface area (Å²) in [7, 11) is 0. The van der Waals surface area contributed by atoms with Gasteiger partial charge in [0, 0.05) is 21.7 Å². The van der Waals surface area contributed by atoms with Gasteiger partial charge in [0.15, 0.2) is 5.16 Å². The molecule has 102 valence electrons. The molecule has 0 saturated carbocycles. The summed E-state index contributed by atoms with van der Waals surface area (Å²) in [5, 5.41) is 2.77. The normalized spacial score (nSPS) is 11.2. The lowest BCUT2D eigenvalue weighted by atomic mass is 10.3. The van der Waals surface area contributed by atoms with Crippen molar-refractivity contribution in [3.05, 3.63) is 34.7 Å². The van der Waals surface area contributed by atoms with Crippen molar-refractivity contribution in [2.24, 2.45) is 0 Å². The van der Waals surface area contributed by atoms with E-state index in [9.17, 15) is 0 Å². The molecule has 0 aliphatic carbocycles. The molecule has 0 aromatic carbocycles. The van der Waals surface area contributed by atoms with Crippen molar-refractivity contribution in [2.75, 3.05) is 0 Å². The van der Waals surface area contributed by atoms with E-state index in [0.717, 1.165) is 38.2 Å². The Morgan fingerprint density at radius 3 is 2.55 bits per heavy atom. The molecule has 0 bridgehead atoms. The summed E-state index contributed by atoms with van der Waals surface area (Å²) in [6.45, 7) is 6.11. The minimum atomic E-state index is 0.742. The van der Waals surface area contributed by atoms with Crippen molar-refractivity contribution in [3.8, 4) is 0 Å². The van der Waals surface area contributed by atoms with E-state index in [2.05, 4.69) is 32.9 Å². The minimum absolute atomic E-state index is 0.742. The van der Waals surface area contributed by atoms with Gasteiger partial charge >= 0.3 is 0 Å². The monoisotopic (exact) mass is 302 g/mol. The van der Waals surface area contributed by atoms with Crippen LogP contribution >= 0.6 is 23.1 Å². The van der Waals surface area contributed by atoms with E-state index < -0.39 is 0 Å². The first-order valence-electron chi connectivity index (χ1n) is 6.39. The molecule has 0 N–H and O–H groups in total. The summed E-state index contributed by atoms with van der Waals surface area (Å²) >= 11 is 3.23. The second-order valence-electron chi connectivity index (χ2n) is 4.50. The maximum absolute atomic E-state index is 4.46. The number of aryl methyl sites for hydroxylation is 3. The zero-order chi connectivity index (χ0) is 14.1. The van der Waals surface area contributed by atoms with Crippen LogP contribution in [0, 0.1) is 13.8 Å². The molecule has 0 radical (unpaired) electrons. The zero-order valence-corrected chi connectivity index (χ0v) is 13.2. The lowest BCUT2D eigenvalue weighted by molar-refractivity contribution is 0.899. The standard InChI is InChI=1S/C14H14N4S2/c1-4-10-6-11-12(19-10)15-7-16-13(11)20-14-17-8(2)5-9(3)18-14/h5-7H,4H2,1-3H3. The SMILES string of the molecule is CCc1cc2c(Sc3nc(C)cc(C)n3)ncnc2s1. The third-order valence-corrected chi connectivity index (χ3v) is 4.91. The van der Waals surface area contributed by atoms with Crippen LogP contribution in [0.15, 0.2) is 28.6 Å². The highest BCUT2D eigenvalue weighted by atomic mass is 32.2. The van der Waals surface area contributed by atoms with Crippen molar-refractivity contribution in [1.82, 2.24) is 19.9 Å². The van der Waals surface area contributed by atoms with Crippen LogP contribution in [0.1, 0.15) is 23.2 Å². The fraction of sp³-hybridized carbons (Fsp3) is 0.286. The highest BCUT2D eigenvalue weighted by Crippen LogP contribution is 2.33. The van der Waals surface area contributed by atoms with Crippen molar-refractivity contribution in [1.29, 1.82) is 0 Å². The van der Waals surface area contributed by atoms with E-state index in [1.165, 1.54) is 16.6 Å². The Kier molecular flexibility index (Phi) is 3.67. The summed E-state index contributed by atoms with van der Waals surface area (Å²) in [5.41, 5.74) is 1.95. The van der Waals surface area contributed by atoms with Crippen molar-refractivity contribution in [2.45, 2.75) is 37.4 Å².